The molecule has 2 aliphatic rings. The first-order valence-corrected chi connectivity index (χ1v) is 10.3. The molecule has 1 aliphatic carbocycles. The number of halogens is 1. The minimum atomic E-state index is -0.741. The van der Waals surface area contributed by atoms with Crippen molar-refractivity contribution in [3.05, 3.63) is 44.7 Å². The highest BCUT2D eigenvalue weighted by molar-refractivity contribution is 5.75. The van der Waals surface area contributed by atoms with Crippen LogP contribution in [0.4, 0.5) is 4.39 Å². The number of rotatable bonds is 2. The molecular weight excluding hydrogens is 345 g/mol. The van der Waals surface area contributed by atoms with Crippen LogP contribution in [-0.2, 0) is 0 Å². The second kappa shape index (κ2) is 7.97. The van der Waals surface area contributed by atoms with Crippen molar-refractivity contribution in [1.82, 2.24) is 14.5 Å². The molecule has 2 heterocycles. The Hall–Kier alpha value is -1.95. The summed E-state index contributed by atoms with van der Waals surface area (Å²) in [5.41, 5.74) is -0.693. The van der Waals surface area contributed by atoms with Gasteiger partial charge in [-0.2, -0.15) is 0 Å². The van der Waals surface area contributed by atoms with Gasteiger partial charge in [0.05, 0.1) is 5.52 Å². The summed E-state index contributed by atoms with van der Waals surface area (Å²) in [6.07, 6.45) is 10.8. The first-order chi connectivity index (χ1) is 13.1. The third kappa shape index (κ3) is 3.72. The maximum Gasteiger partial charge on any atom is 0.316 e. The van der Waals surface area contributed by atoms with Crippen molar-refractivity contribution in [2.45, 2.75) is 69.9 Å². The number of nitrogens with one attached hydrogen (secondary N) is 1. The summed E-state index contributed by atoms with van der Waals surface area (Å²) in [5, 5.41) is 0. The Morgan fingerprint density at radius 2 is 1.56 bits per heavy atom. The summed E-state index contributed by atoms with van der Waals surface area (Å²) in [6.45, 7) is 1.87. The number of hydrogen-bond donors (Lipinski definition) is 1. The van der Waals surface area contributed by atoms with Crippen molar-refractivity contribution < 1.29 is 4.39 Å². The third-order valence-electron chi connectivity index (χ3n) is 6.36. The Morgan fingerprint density at radius 1 is 0.889 bits per heavy atom. The average molecular weight is 373 g/mol. The number of fused-ring (bicyclic) bond motifs is 1. The molecule has 0 unspecified atom stereocenters. The molecule has 5 nitrogen and oxygen atoms in total. The lowest BCUT2D eigenvalue weighted by atomic mass is 9.93. The highest BCUT2D eigenvalue weighted by Gasteiger charge is 2.28. The number of aromatic nitrogens is 2. The van der Waals surface area contributed by atoms with E-state index in [9.17, 15) is 14.0 Å². The summed E-state index contributed by atoms with van der Waals surface area (Å²) in [6, 6.07) is 5.22. The predicted molar refractivity (Wildman–Crippen MR) is 105 cm³/mol. The molecule has 2 aromatic rings. The van der Waals surface area contributed by atoms with Crippen LogP contribution in [0.5, 0.6) is 0 Å². The van der Waals surface area contributed by atoms with Gasteiger partial charge in [-0.25, -0.2) is 4.39 Å². The molecule has 1 aliphatic heterocycles. The van der Waals surface area contributed by atoms with Crippen molar-refractivity contribution in [3.8, 4) is 0 Å². The van der Waals surface area contributed by atoms with Crippen molar-refractivity contribution in [3.63, 3.8) is 0 Å². The Bertz CT molecular complexity index is 904. The topological polar surface area (TPSA) is 58.1 Å². The van der Waals surface area contributed by atoms with Gasteiger partial charge in [0.1, 0.15) is 11.3 Å². The van der Waals surface area contributed by atoms with E-state index in [4.69, 9.17) is 0 Å². The van der Waals surface area contributed by atoms with E-state index in [2.05, 4.69) is 9.88 Å². The van der Waals surface area contributed by atoms with Crippen LogP contribution in [-0.4, -0.2) is 33.6 Å². The van der Waals surface area contributed by atoms with Crippen molar-refractivity contribution in [2.75, 3.05) is 13.1 Å². The SMILES string of the molecule is O=c1[nH]c2c(F)cccc2n(C2CCN(C3CCCCCCC3)CC2)c1=O. The molecule has 1 aromatic carbocycles. The lowest BCUT2D eigenvalue weighted by molar-refractivity contribution is 0.116. The smallest absolute Gasteiger partial charge is 0.313 e. The second-order valence-electron chi connectivity index (χ2n) is 8.03. The van der Waals surface area contributed by atoms with E-state index in [0.29, 0.717) is 11.6 Å². The number of likely N-dealkylation sites (tertiary alicyclic amines) is 1. The van der Waals surface area contributed by atoms with Crippen LogP contribution in [0.15, 0.2) is 27.8 Å². The summed E-state index contributed by atoms with van der Waals surface area (Å²) >= 11 is 0. The maximum atomic E-state index is 14.1. The van der Waals surface area contributed by atoms with E-state index < -0.39 is 16.9 Å². The molecule has 0 radical (unpaired) electrons. The number of benzene rings is 1. The summed E-state index contributed by atoms with van der Waals surface area (Å²) in [7, 11) is 0. The monoisotopic (exact) mass is 373 g/mol. The molecule has 146 valence electrons. The lowest BCUT2D eigenvalue weighted by Gasteiger charge is -2.39. The van der Waals surface area contributed by atoms with Gasteiger partial charge in [0.25, 0.3) is 0 Å². The fourth-order valence-corrected chi connectivity index (χ4v) is 4.89. The lowest BCUT2D eigenvalue weighted by Crippen LogP contribution is -2.45. The first-order valence-electron chi connectivity index (χ1n) is 10.3. The average Bonchev–Trinajstić information content (AvgIpc) is 2.64. The summed E-state index contributed by atoms with van der Waals surface area (Å²) in [5.74, 6) is -0.495. The minimum absolute atomic E-state index is 0.0473. The summed E-state index contributed by atoms with van der Waals surface area (Å²) in [4.78, 5) is 29.6. The fraction of sp³-hybridized carbons (Fsp3) is 0.619. The van der Waals surface area contributed by atoms with Gasteiger partial charge < -0.3 is 9.88 Å². The molecule has 2 fully saturated rings. The predicted octanol–water partition coefficient (Wildman–Crippen LogP) is 3.58. The molecule has 0 atom stereocenters. The Labute approximate surface area is 158 Å². The van der Waals surface area contributed by atoms with E-state index in [1.165, 1.54) is 55.6 Å². The molecule has 1 aromatic heterocycles. The van der Waals surface area contributed by atoms with Crippen LogP contribution in [0.2, 0.25) is 0 Å². The zero-order valence-electron chi connectivity index (χ0n) is 15.8. The van der Waals surface area contributed by atoms with Gasteiger partial charge in [0.15, 0.2) is 0 Å². The third-order valence-corrected chi connectivity index (χ3v) is 6.36. The van der Waals surface area contributed by atoms with Crippen LogP contribution < -0.4 is 11.1 Å². The van der Waals surface area contributed by atoms with E-state index in [1.807, 2.05) is 0 Å². The maximum absolute atomic E-state index is 14.1. The molecule has 27 heavy (non-hydrogen) atoms. The van der Waals surface area contributed by atoms with Gasteiger partial charge in [0.2, 0.25) is 0 Å². The van der Waals surface area contributed by atoms with Crippen molar-refractivity contribution in [1.29, 1.82) is 0 Å². The molecule has 0 spiro atoms. The molecule has 1 N–H and O–H groups in total. The van der Waals surface area contributed by atoms with Crippen LogP contribution in [0.25, 0.3) is 11.0 Å². The van der Waals surface area contributed by atoms with Gasteiger partial charge >= 0.3 is 11.1 Å². The Morgan fingerprint density at radius 3 is 2.26 bits per heavy atom. The summed E-state index contributed by atoms with van der Waals surface area (Å²) < 4.78 is 15.7. The van der Waals surface area contributed by atoms with Crippen LogP contribution >= 0.6 is 0 Å². The molecule has 6 heteroatoms. The molecule has 1 saturated heterocycles. The normalized spacial score (nSPS) is 21.2. The van der Waals surface area contributed by atoms with E-state index in [1.54, 1.807) is 12.1 Å². The van der Waals surface area contributed by atoms with Crippen LogP contribution in [0, 0.1) is 5.82 Å². The highest BCUT2D eigenvalue weighted by atomic mass is 19.1. The van der Waals surface area contributed by atoms with E-state index >= 15 is 0 Å². The standard InChI is InChI=1S/C21H28FN3O2/c22-17-9-6-10-18-19(17)23-20(26)21(27)25(18)16-11-13-24(14-12-16)15-7-4-2-1-3-5-8-15/h6,9-10,15-16H,1-5,7-8,11-14H2,(H,23,26). The zero-order chi connectivity index (χ0) is 18.8. The highest BCUT2D eigenvalue weighted by Crippen LogP contribution is 2.29. The number of para-hydroxylation sites is 1. The number of nitrogens with zero attached hydrogens (tertiary/aromatic N) is 2. The van der Waals surface area contributed by atoms with Gasteiger partial charge in [-0.15, -0.1) is 0 Å². The van der Waals surface area contributed by atoms with Gasteiger partial charge in [-0.3, -0.25) is 14.2 Å². The second-order valence-corrected chi connectivity index (χ2v) is 8.03. The first kappa shape index (κ1) is 18.4. The zero-order valence-corrected chi connectivity index (χ0v) is 15.8. The Balaban J connectivity index is 1.56. The number of piperidine rings is 1. The quantitative estimate of drug-likeness (QED) is 0.819. The van der Waals surface area contributed by atoms with E-state index in [0.717, 1.165) is 25.9 Å². The fourth-order valence-electron chi connectivity index (χ4n) is 4.89. The largest absolute Gasteiger partial charge is 0.316 e. The number of hydrogen-bond acceptors (Lipinski definition) is 3. The Kier molecular flexibility index (Phi) is 5.43. The van der Waals surface area contributed by atoms with Crippen LogP contribution in [0.1, 0.15) is 63.8 Å². The van der Waals surface area contributed by atoms with Gasteiger partial charge in [-0.1, -0.05) is 38.2 Å². The van der Waals surface area contributed by atoms with Gasteiger partial charge in [0, 0.05) is 25.2 Å². The van der Waals surface area contributed by atoms with Crippen molar-refractivity contribution in [2.24, 2.45) is 0 Å². The minimum Gasteiger partial charge on any atom is -0.313 e. The number of aromatic amines is 1. The molecule has 1 saturated carbocycles. The van der Waals surface area contributed by atoms with Crippen molar-refractivity contribution >= 4 is 11.0 Å². The van der Waals surface area contributed by atoms with E-state index in [-0.39, 0.29) is 11.6 Å². The molecule has 0 bridgehead atoms. The molecule has 0 amide bonds. The molecular formula is C21H28FN3O2. The van der Waals surface area contributed by atoms with Crippen LogP contribution in [0.3, 0.4) is 0 Å². The molecule has 4 rings (SSSR count). The number of H-pyrrole nitrogens is 1. The van der Waals surface area contributed by atoms with Gasteiger partial charge in [-0.05, 0) is 37.8 Å².